The number of sulfonamides is 1. The molecule has 1 N–H and O–H groups in total. The number of hydrogen-bond acceptors (Lipinski definition) is 6. The third kappa shape index (κ3) is 5.62. The van der Waals surface area contributed by atoms with Crippen LogP contribution in [0.4, 0.5) is 5.69 Å². The number of hydrogen-bond donors (Lipinski definition) is 1. The molecule has 0 aliphatic carbocycles. The highest BCUT2D eigenvalue weighted by molar-refractivity contribution is 7.89. The predicted molar refractivity (Wildman–Crippen MR) is 116 cm³/mol. The van der Waals surface area contributed by atoms with Crippen LogP contribution in [0.25, 0.3) is 0 Å². The van der Waals surface area contributed by atoms with Crippen molar-refractivity contribution < 1.29 is 27.5 Å². The number of rotatable bonds is 6. The largest absolute Gasteiger partial charge is 0.452 e. The first kappa shape index (κ1) is 23.2. The Morgan fingerprint density at radius 3 is 2.48 bits per heavy atom. The van der Waals surface area contributed by atoms with Crippen molar-refractivity contribution in [1.82, 2.24) is 4.31 Å². The maximum Gasteiger partial charge on any atom is 0.338 e. The van der Waals surface area contributed by atoms with Crippen LogP contribution < -0.4 is 5.32 Å². The molecular weight excluding hydrogens is 444 g/mol. The van der Waals surface area contributed by atoms with E-state index in [1.807, 2.05) is 13.8 Å². The smallest absolute Gasteiger partial charge is 0.338 e. The van der Waals surface area contributed by atoms with Gasteiger partial charge in [0, 0.05) is 13.1 Å². The molecule has 1 aliphatic heterocycles. The van der Waals surface area contributed by atoms with Gasteiger partial charge in [0.15, 0.2) is 6.61 Å². The van der Waals surface area contributed by atoms with Crippen molar-refractivity contribution in [3.8, 4) is 0 Å². The Bertz CT molecular complexity index is 1100. The van der Waals surface area contributed by atoms with Crippen molar-refractivity contribution in [2.24, 2.45) is 0 Å². The lowest BCUT2D eigenvalue weighted by molar-refractivity contribution is -0.119. The van der Waals surface area contributed by atoms with Crippen molar-refractivity contribution in [1.29, 1.82) is 0 Å². The zero-order valence-corrected chi connectivity index (χ0v) is 18.8. The number of benzene rings is 2. The minimum absolute atomic E-state index is 0.00113. The summed E-state index contributed by atoms with van der Waals surface area (Å²) < 4.78 is 37.2. The number of morpholine rings is 1. The highest BCUT2D eigenvalue weighted by Crippen LogP contribution is 2.27. The maximum absolute atomic E-state index is 12.8. The van der Waals surface area contributed by atoms with E-state index in [0.29, 0.717) is 18.8 Å². The highest BCUT2D eigenvalue weighted by Gasteiger charge is 2.27. The number of carbonyl (C=O) groups excluding carboxylic acids is 2. The molecule has 0 unspecified atom stereocenters. The number of nitrogens with zero attached hydrogens (tertiary/aromatic N) is 1. The van der Waals surface area contributed by atoms with Gasteiger partial charge in [0.25, 0.3) is 5.91 Å². The lowest BCUT2D eigenvalue weighted by Crippen LogP contribution is -2.40. The summed E-state index contributed by atoms with van der Waals surface area (Å²) in [5.74, 6) is -1.27. The number of aryl methyl sites for hydroxylation is 2. The molecule has 3 rings (SSSR count). The third-order valence-corrected chi connectivity index (χ3v) is 7.12. The Labute approximate surface area is 186 Å². The summed E-state index contributed by atoms with van der Waals surface area (Å²) >= 11 is 6.12. The van der Waals surface area contributed by atoms with E-state index >= 15 is 0 Å². The van der Waals surface area contributed by atoms with Crippen LogP contribution in [0.1, 0.15) is 21.5 Å². The maximum atomic E-state index is 12.8. The van der Waals surface area contributed by atoms with E-state index in [-0.39, 0.29) is 28.7 Å². The molecule has 10 heteroatoms. The molecule has 0 spiro atoms. The van der Waals surface area contributed by atoms with Gasteiger partial charge in [-0.2, -0.15) is 4.31 Å². The fraction of sp³-hybridized carbons (Fsp3) is 0.333. The summed E-state index contributed by atoms with van der Waals surface area (Å²) in [5, 5.41) is 2.66. The Morgan fingerprint density at radius 2 is 1.81 bits per heavy atom. The Kier molecular flexibility index (Phi) is 7.32. The van der Waals surface area contributed by atoms with Gasteiger partial charge in [0.05, 0.1) is 34.4 Å². The van der Waals surface area contributed by atoms with E-state index in [1.165, 1.54) is 22.5 Å². The van der Waals surface area contributed by atoms with Gasteiger partial charge in [-0.15, -0.1) is 0 Å². The standard InChI is InChI=1S/C21H23ClN2O6S/c1-14-3-4-16(11-15(14)2)21(26)30-13-20(25)23-19-12-17(5-6-18(19)22)31(27,28)24-7-9-29-10-8-24/h3-6,11-12H,7-10,13H2,1-2H3,(H,23,25). The van der Waals surface area contributed by atoms with E-state index in [2.05, 4.69) is 5.32 Å². The van der Waals surface area contributed by atoms with Gasteiger partial charge in [-0.1, -0.05) is 17.7 Å². The van der Waals surface area contributed by atoms with Crippen molar-refractivity contribution in [3.05, 3.63) is 58.1 Å². The Morgan fingerprint density at radius 1 is 1.10 bits per heavy atom. The minimum Gasteiger partial charge on any atom is -0.452 e. The van der Waals surface area contributed by atoms with E-state index in [1.54, 1.807) is 18.2 Å². The van der Waals surface area contributed by atoms with Crippen LogP contribution >= 0.6 is 11.6 Å². The fourth-order valence-electron chi connectivity index (χ4n) is 2.97. The zero-order valence-electron chi connectivity index (χ0n) is 17.2. The first-order chi connectivity index (χ1) is 14.7. The van der Waals surface area contributed by atoms with Crippen LogP contribution in [0.5, 0.6) is 0 Å². The van der Waals surface area contributed by atoms with Gasteiger partial charge in [-0.25, -0.2) is 13.2 Å². The van der Waals surface area contributed by atoms with Gasteiger partial charge in [-0.05, 0) is 55.3 Å². The second kappa shape index (κ2) is 9.78. The van der Waals surface area contributed by atoms with Crippen LogP contribution in [0, 0.1) is 13.8 Å². The van der Waals surface area contributed by atoms with Crippen molar-refractivity contribution in [3.63, 3.8) is 0 Å². The molecule has 0 atom stereocenters. The molecule has 0 aromatic heterocycles. The molecule has 1 aliphatic rings. The summed E-state index contributed by atoms with van der Waals surface area (Å²) in [5.41, 5.74) is 2.43. The summed E-state index contributed by atoms with van der Waals surface area (Å²) in [7, 11) is -3.75. The van der Waals surface area contributed by atoms with E-state index in [4.69, 9.17) is 21.1 Å². The Hall–Kier alpha value is -2.46. The van der Waals surface area contributed by atoms with Crippen LogP contribution in [0.15, 0.2) is 41.3 Å². The van der Waals surface area contributed by atoms with E-state index in [0.717, 1.165) is 11.1 Å². The molecule has 0 bridgehead atoms. The van der Waals surface area contributed by atoms with Gasteiger partial charge >= 0.3 is 5.97 Å². The minimum atomic E-state index is -3.75. The number of carbonyl (C=O) groups is 2. The predicted octanol–water partition coefficient (Wildman–Crippen LogP) is 2.77. The lowest BCUT2D eigenvalue weighted by Gasteiger charge is -2.26. The first-order valence-electron chi connectivity index (χ1n) is 9.60. The lowest BCUT2D eigenvalue weighted by atomic mass is 10.1. The van der Waals surface area contributed by atoms with Gasteiger partial charge in [-0.3, -0.25) is 4.79 Å². The third-order valence-electron chi connectivity index (χ3n) is 4.90. The van der Waals surface area contributed by atoms with Crippen molar-refractivity contribution in [2.75, 3.05) is 38.2 Å². The molecule has 2 aromatic carbocycles. The molecule has 0 radical (unpaired) electrons. The second-order valence-electron chi connectivity index (χ2n) is 7.08. The van der Waals surface area contributed by atoms with E-state index in [9.17, 15) is 18.0 Å². The average molecular weight is 467 g/mol. The SMILES string of the molecule is Cc1ccc(C(=O)OCC(=O)Nc2cc(S(=O)(=O)N3CCOCC3)ccc2Cl)cc1C. The van der Waals surface area contributed by atoms with E-state index < -0.39 is 28.5 Å². The number of anilines is 1. The van der Waals surface area contributed by atoms with Crippen molar-refractivity contribution >= 4 is 39.2 Å². The summed E-state index contributed by atoms with van der Waals surface area (Å²) in [6.45, 7) is 4.41. The van der Waals surface area contributed by atoms with Crippen LogP contribution in [0.2, 0.25) is 5.02 Å². The molecule has 31 heavy (non-hydrogen) atoms. The molecule has 166 valence electrons. The zero-order chi connectivity index (χ0) is 22.6. The second-order valence-corrected chi connectivity index (χ2v) is 9.43. The number of halogens is 1. The molecule has 8 nitrogen and oxygen atoms in total. The molecule has 1 fully saturated rings. The topological polar surface area (TPSA) is 102 Å². The fourth-order valence-corrected chi connectivity index (χ4v) is 4.57. The average Bonchev–Trinajstić information content (AvgIpc) is 2.76. The molecule has 1 heterocycles. The molecule has 1 amide bonds. The number of nitrogens with one attached hydrogen (secondary N) is 1. The summed E-state index contributed by atoms with van der Waals surface area (Å²) in [6, 6.07) is 9.17. The van der Waals surface area contributed by atoms with Crippen LogP contribution in [-0.4, -0.2) is 57.5 Å². The normalized spacial score (nSPS) is 14.8. The van der Waals surface area contributed by atoms with Crippen molar-refractivity contribution in [2.45, 2.75) is 18.7 Å². The monoisotopic (exact) mass is 466 g/mol. The van der Waals surface area contributed by atoms with Gasteiger partial charge in [0.2, 0.25) is 10.0 Å². The molecule has 1 saturated heterocycles. The molecule has 0 saturated carbocycles. The summed E-state index contributed by atoms with van der Waals surface area (Å²) in [6.07, 6.45) is 0. The molecular formula is C21H23ClN2O6S. The van der Waals surface area contributed by atoms with Gasteiger partial charge < -0.3 is 14.8 Å². The number of ether oxygens (including phenoxy) is 2. The Balaban J connectivity index is 1.66. The first-order valence-corrected chi connectivity index (χ1v) is 11.4. The van der Waals surface area contributed by atoms with Crippen LogP contribution in [0.3, 0.4) is 0 Å². The highest BCUT2D eigenvalue weighted by atomic mass is 35.5. The van der Waals surface area contributed by atoms with Gasteiger partial charge in [0.1, 0.15) is 0 Å². The quantitative estimate of drug-likeness (QED) is 0.657. The number of esters is 1. The van der Waals surface area contributed by atoms with Crippen LogP contribution in [-0.2, 0) is 24.3 Å². The summed E-state index contributed by atoms with van der Waals surface area (Å²) in [4.78, 5) is 24.4. The number of amides is 1. The molecule has 2 aromatic rings.